The van der Waals surface area contributed by atoms with Gasteiger partial charge in [0.15, 0.2) is 11.3 Å². The second kappa shape index (κ2) is 15.6. The van der Waals surface area contributed by atoms with Crippen molar-refractivity contribution < 1.29 is 10.2 Å². The molecule has 0 aliphatic carbocycles. The first kappa shape index (κ1) is 32.8. The summed E-state index contributed by atoms with van der Waals surface area (Å²) in [6.45, 7) is 2.45. The van der Waals surface area contributed by atoms with Gasteiger partial charge in [0.2, 0.25) is 0 Å². The van der Waals surface area contributed by atoms with Crippen molar-refractivity contribution >= 4 is 54.8 Å². The van der Waals surface area contributed by atoms with Crippen molar-refractivity contribution in [3.05, 3.63) is 75.5 Å². The summed E-state index contributed by atoms with van der Waals surface area (Å²) in [5, 5.41) is 27.3. The zero-order chi connectivity index (χ0) is 31.9. The van der Waals surface area contributed by atoms with Gasteiger partial charge in [-0.1, -0.05) is 6.07 Å². The van der Waals surface area contributed by atoms with Gasteiger partial charge in [-0.3, -0.25) is 4.98 Å². The molecule has 13 heteroatoms. The highest BCUT2D eigenvalue weighted by Gasteiger charge is 2.26. The number of anilines is 2. The third kappa shape index (κ3) is 7.53. The largest absolute Gasteiger partial charge is 0.396 e. The number of aromatic nitrogens is 7. The van der Waals surface area contributed by atoms with E-state index in [2.05, 4.69) is 74.1 Å². The molecule has 2 saturated heterocycles. The van der Waals surface area contributed by atoms with Crippen LogP contribution in [0.3, 0.4) is 0 Å². The Kier molecular flexibility index (Phi) is 11.2. The van der Waals surface area contributed by atoms with Gasteiger partial charge in [-0.2, -0.15) is 10.2 Å². The van der Waals surface area contributed by atoms with E-state index < -0.39 is 0 Å². The first-order chi connectivity index (χ1) is 22.6. The number of fused-ring (bicyclic) bond motifs is 2. The van der Waals surface area contributed by atoms with Crippen molar-refractivity contribution in [1.29, 1.82) is 0 Å². The Morgan fingerprint density at radius 3 is 2.13 bits per heavy atom. The molecule has 2 aliphatic heterocycles. The lowest BCUT2D eigenvalue weighted by molar-refractivity contribution is 0.262. The Hall–Kier alpha value is -3.13. The van der Waals surface area contributed by atoms with Crippen LogP contribution in [0, 0.1) is 0 Å². The molecule has 0 spiro atoms. The monoisotopic (exact) mass is 753 g/mol. The predicted molar refractivity (Wildman–Crippen MR) is 186 cm³/mol. The molecule has 0 aromatic carbocycles. The Labute approximate surface area is 285 Å². The Bertz CT molecular complexity index is 1710. The van der Waals surface area contributed by atoms with E-state index >= 15 is 0 Å². The van der Waals surface area contributed by atoms with Gasteiger partial charge in [0.25, 0.3) is 0 Å². The van der Waals surface area contributed by atoms with E-state index in [-0.39, 0.29) is 13.2 Å². The van der Waals surface area contributed by atoms with Crippen molar-refractivity contribution in [1.82, 2.24) is 34.2 Å². The molecule has 5 aromatic heterocycles. The summed E-state index contributed by atoms with van der Waals surface area (Å²) in [6, 6.07) is 6.83. The van der Waals surface area contributed by atoms with Crippen LogP contribution >= 0.6 is 31.9 Å². The number of rotatable bonds is 9. The summed E-state index contributed by atoms with van der Waals surface area (Å²) in [6.07, 6.45) is 21.7. The molecule has 2 N–H and O–H groups in total. The predicted octanol–water partition coefficient (Wildman–Crippen LogP) is 5.65. The van der Waals surface area contributed by atoms with Gasteiger partial charge in [-0.05, 0) is 114 Å². The fourth-order valence-electron chi connectivity index (χ4n) is 6.63. The fraction of sp³-hybridized carbons (Fsp3) is 0.485. The minimum atomic E-state index is 0.213. The summed E-state index contributed by atoms with van der Waals surface area (Å²) in [5.74, 6) is 2.01. The van der Waals surface area contributed by atoms with Crippen molar-refractivity contribution in [2.75, 3.05) is 36.1 Å². The van der Waals surface area contributed by atoms with E-state index in [4.69, 9.17) is 4.98 Å². The Balaban J connectivity index is 0.000000172. The number of halogens is 2. The van der Waals surface area contributed by atoms with Crippen LogP contribution in [-0.2, 0) is 12.8 Å². The molecule has 0 bridgehead atoms. The zero-order valence-electron chi connectivity index (χ0n) is 25.9. The van der Waals surface area contributed by atoms with Crippen LogP contribution in [0.25, 0.3) is 11.3 Å². The van der Waals surface area contributed by atoms with Crippen LogP contribution < -0.4 is 9.80 Å². The molecule has 0 unspecified atom stereocenters. The van der Waals surface area contributed by atoms with Gasteiger partial charge >= 0.3 is 0 Å². The lowest BCUT2D eigenvalue weighted by Gasteiger charge is -2.37. The number of hydrogen-bond donors (Lipinski definition) is 2. The van der Waals surface area contributed by atoms with Crippen molar-refractivity contribution in [2.24, 2.45) is 0 Å². The second-order valence-corrected chi connectivity index (χ2v) is 13.7. The van der Waals surface area contributed by atoms with Crippen LogP contribution in [0.4, 0.5) is 11.6 Å². The van der Waals surface area contributed by atoms with E-state index in [1.807, 2.05) is 29.0 Å². The van der Waals surface area contributed by atoms with Gasteiger partial charge in [0.05, 0.1) is 21.3 Å². The van der Waals surface area contributed by atoms with E-state index in [1.165, 1.54) is 30.4 Å². The molecule has 5 aromatic rings. The molecule has 46 heavy (non-hydrogen) atoms. The Morgan fingerprint density at radius 1 is 0.761 bits per heavy atom. The van der Waals surface area contributed by atoms with Crippen LogP contribution in [0.1, 0.15) is 62.5 Å². The smallest absolute Gasteiger partial charge is 0.171 e. The molecule has 7 heterocycles. The molecule has 7 rings (SSSR count). The summed E-state index contributed by atoms with van der Waals surface area (Å²) in [5.41, 5.74) is 4.08. The second-order valence-electron chi connectivity index (χ2n) is 12.0. The summed E-state index contributed by atoms with van der Waals surface area (Å²) in [7, 11) is 0. The van der Waals surface area contributed by atoms with E-state index in [9.17, 15) is 10.2 Å². The Morgan fingerprint density at radius 2 is 1.43 bits per heavy atom. The number of aliphatic hydroxyl groups is 2. The molecule has 11 nitrogen and oxygen atoms in total. The van der Waals surface area contributed by atoms with E-state index in [0.717, 1.165) is 89.9 Å². The molecule has 244 valence electrons. The lowest BCUT2D eigenvalue weighted by atomic mass is 9.98. The summed E-state index contributed by atoms with van der Waals surface area (Å²) < 4.78 is 5.42. The van der Waals surface area contributed by atoms with Crippen LogP contribution in [-0.4, -0.2) is 82.8 Å². The minimum Gasteiger partial charge on any atom is -0.396 e. The number of aliphatic hydroxyl groups excluding tert-OH is 2. The van der Waals surface area contributed by atoms with Crippen LogP contribution in [0.2, 0.25) is 0 Å². The van der Waals surface area contributed by atoms with Crippen molar-refractivity contribution in [3.63, 3.8) is 0 Å². The van der Waals surface area contributed by atoms with Gasteiger partial charge in [-0.25, -0.2) is 19.0 Å². The standard InChI is InChI=1S/C20H24BrN5O.C13H17BrN4O/c21-18-13-23-26-14-16(7-6-15-4-3-9-22-12-15)19(24-20(18)26)25-10-2-1-5-17(25)8-11-27;14-11-9-15-18-7-4-12(16-13(11)18)17-6-2-1-3-10(17)5-8-19/h3-4,9,12-14,17,27H,1-2,5-8,10-11H2;4,7,9-10,19H,1-3,5-6,8H2/t17-;10-/m00/s1. The SMILES string of the molecule is OCC[C@@H]1CCCCN1c1ccn2ncc(Br)c2n1.OCC[C@@H]1CCCCN1c1nc2c(Br)cnn2cc1CCc1cccnc1. The molecule has 2 fully saturated rings. The molecule has 2 aliphatic rings. The van der Waals surface area contributed by atoms with E-state index in [0.29, 0.717) is 12.1 Å². The fourth-order valence-corrected chi connectivity index (χ4v) is 7.36. The van der Waals surface area contributed by atoms with Crippen molar-refractivity contribution in [2.45, 2.75) is 76.3 Å². The summed E-state index contributed by atoms with van der Waals surface area (Å²) in [4.78, 5) is 18.6. The third-order valence-corrected chi connectivity index (χ3v) is 10.1. The number of aryl methyl sites for hydroxylation is 2. The highest BCUT2D eigenvalue weighted by molar-refractivity contribution is 9.11. The summed E-state index contributed by atoms with van der Waals surface area (Å²) >= 11 is 7.03. The van der Waals surface area contributed by atoms with Crippen molar-refractivity contribution in [3.8, 4) is 0 Å². The first-order valence-corrected chi connectivity index (χ1v) is 17.8. The quantitative estimate of drug-likeness (QED) is 0.197. The average Bonchev–Trinajstić information content (AvgIpc) is 3.65. The van der Waals surface area contributed by atoms with Gasteiger partial charge in [0, 0.05) is 68.7 Å². The highest BCUT2D eigenvalue weighted by atomic mass is 79.9. The molecule has 0 amide bonds. The van der Waals surface area contributed by atoms with Crippen LogP contribution in [0.15, 0.2) is 64.3 Å². The van der Waals surface area contributed by atoms with Crippen LogP contribution in [0.5, 0.6) is 0 Å². The average molecular weight is 756 g/mol. The maximum absolute atomic E-state index is 9.51. The molecule has 2 atom stereocenters. The zero-order valence-corrected chi connectivity index (χ0v) is 29.1. The number of hydrogen-bond acceptors (Lipinski definition) is 9. The minimum absolute atomic E-state index is 0.213. The third-order valence-electron chi connectivity index (χ3n) is 8.97. The normalized spacial score (nSPS) is 18.6. The number of nitrogens with zero attached hydrogens (tertiary/aromatic N) is 9. The van der Waals surface area contributed by atoms with Gasteiger partial charge < -0.3 is 20.0 Å². The maximum atomic E-state index is 9.51. The molecular formula is C33H41Br2N9O2. The number of piperidine rings is 2. The van der Waals surface area contributed by atoms with Gasteiger partial charge in [0.1, 0.15) is 11.6 Å². The first-order valence-electron chi connectivity index (χ1n) is 16.2. The van der Waals surface area contributed by atoms with E-state index in [1.54, 1.807) is 23.1 Å². The molecular weight excluding hydrogens is 714 g/mol. The number of pyridine rings is 1. The maximum Gasteiger partial charge on any atom is 0.171 e. The highest BCUT2D eigenvalue weighted by Crippen LogP contribution is 2.31. The molecule has 0 saturated carbocycles. The lowest BCUT2D eigenvalue weighted by Crippen LogP contribution is -2.41. The topological polar surface area (TPSA) is 120 Å². The molecule has 0 radical (unpaired) electrons. The van der Waals surface area contributed by atoms with Gasteiger partial charge in [-0.15, -0.1) is 0 Å².